The van der Waals surface area contributed by atoms with Gasteiger partial charge in [0, 0.05) is 25.4 Å². The number of sulfonamides is 1. The Morgan fingerprint density at radius 3 is 2.39 bits per heavy atom. The van der Waals surface area contributed by atoms with E-state index in [2.05, 4.69) is 15.0 Å². The number of ether oxygens (including phenoxy) is 1. The van der Waals surface area contributed by atoms with Gasteiger partial charge in [0.1, 0.15) is 5.75 Å². The molecule has 0 aliphatic rings. The molecule has 0 radical (unpaired) electrons. The second kappa shape index (κ2) is 10.2. The van der Waals surface area contributed by atoms with Crippen molar-refractivity contribution in [1.82, 2.24) is 15.0 Å². The van der Waals surface area contributed by atoms with Gasteiger partial charge >= 0.3 is 0 Å². The van der Waals surface area contributed by atoms with Crippen LogP contribution in [0.4, 0.5) is 0 Å². The molecule has 2 aromatic carbocycles. The summed E-state index contributed by atoms with van der Waals surface area (Å²) in [5.41, 5.74) is 2.48. The third kappa shape index (κ3) is 6.37. The number of amides is 1. The van der Waals surface area contributed by atoms with Gasteiger partial charge in [-0.3, -0.25) is 9.78 Å². The maximum Gasteiger partial charge on any atom is 0.241 e. The average molecular weight is 440 g/mol. The molecule has 31 heavy (non-hydrogen) atoms. The van der Waals surface area contributed by atoms with Gasteiger partial charge in [-0.15, -0.1) is 0 Å². The number of nitrogens with zero attached hydrogens (tertiary/aromatic N) is 1. The van der Waals surface area contributed by atoms with Gasteiger partial charge in [0.25, 0.3) is 0 Å². The Balaban J connectivity index is 1.78. The molecule has 0 saturated heterocycles. The van der Waals surface area contributed by atoms with Gasteiger partial charge in [0.2, 0.25) is 15.9 Å². The van der Waals surface area contributed by atoms with Crippen LogP contribution in [0.1, 0.15) is 29.2 Å². The molecule has 0 aliphatic heterocycles. The van der Waals surface area contributed by atoms with Crippen LogP contribution in [0.15, 0.2) is 78.0 Å². The number of hydrogen-bond donors (Lipinski definition) is 2. The SMILES string of the molecule is COc1ccc([C@H](CC(=O)NCc2cccnc2)NS(=O)(=O)c2ccc(C)cc2)cc1. The van der Waals surface area contributed by atoms with Crippen LogP contribution >= 0.6 is 0 Å². The van der Waals surface area contributed by atoms with Crippen molar-refractivity contribution < 1.29 is 17.9 Å². The van der Waals surface area contributed by atoms with Crippen molar-refractivity contribution in [2.24, 2.45) is 0 Å². The standard InChI is InChI=1S/C23H25N3O4S/c1-17-5-11-21(12-6-17)31(28,29)26-22(19-7-9-20(30-2)10-8-19)14-23(27)25-16-18-4-3-13-24-15-18/h3-13,15,22,26H,14,16H2,1-2H3,(H,25,27)/t22-/m0/s1. The number of rotatable bonds is 9. The second-order valence-corrected chi connectivity index (χ2v) is 8.82. The molecule has 0 spiro atoms. The predicted octanol–water partition coefficient (Wildman–Crippen LogP) is 3.12. The third-order valence-corrected chi connectivity index (χ3v) is 6.24. The largest absolute Gasteiger partial charge is 0.497 e. The van der Waals surface area contributed by atoms with Crippen molar-refractivity contribution in [2.75, 3.05) is 7.11 Å². The van der Waals surface area contributed by atoms with E-state index >= 15 is 0 Å². The summed E-state index contributed by atoms with van der Waals surface area (Å²) in [6.45, 7) is 2.20. The first-order valence-corrected chi connectivity index (χ1v) is 11.2. The van der Waals surface area contributed by atoms with Crippen LogP contribution in [-0.2, 0) is 21.4 Å². The molecule has 1 heterocycles. The quantitative estimate of drug-likeness (QED) is 0.534. The van der Waals surface area contributed by atoms with Gasteiger partial charge in [-0.1, -0.05) is 35.9 Å². The molecule has 3 rings (SSSR count). The van der Waals surface area contributed by atoms with Crippen LogP contribution in [0.2, 0.25) is 0 Å². The van der Waals surface area contributed by atoms with Gasteiger partial charge < -0.3 is 10.1 Å². The number of hydrogen-bond acceptors (Lipinski definition) is 5. The molecule has 8 heteroatoms. The van der Waals surface area contributed by atoms with E-state index in [1.807, 2.05) is 13.0 Å². The topological polar surface area (TPSA) is 97.4 Å². The molecule has 0 bridgehead atoms. The molecule has 1 atom stereocenters. The molecule has 1 amide bonds. The average Bonchev–Trinajstić information content (AvgIpc) is 2.78. The summed E-state index contributed by atoms with van der Waals surface area (Å²) >= 11 is 0. The first-order chi connectivity index (χ1) is 14.9. The van der Waals surface area contributed by atoms with E-state index in [1.54, 1.807) is 74.1 Å². The molecule has 7 nitrogen and oxygen atoms in total. The number of carbonyl (C=O) groups is 1. The highest BCUT2D eigenvalue weighted by atomic mass is 32.2. The maximum atomic E-state index is 12.9. The Kier molecular flexibility index (Phi) is 7.38. The van der Waals surface area contributed by atoms with E-state index in [0.717, 1.165) is 11.1 Å². The molecule has 162 valence electrons. The summed E-state index contributed by atoms with van der Waals surface area (Å²) in [7, 11) is -2.27. The lowest BCUT2D eigenvalue weighted by Gasteiger charge is -2.19. The summed E-state index contributed by atoms with van der Waals surface area (Å²) in [5, 5.41) is 2.82. The highest BCUT2D eigenvalue weighted by Crippen LogP contribution is 2.23. The molecule has 1 aromatic heterocycles. The molecule has 0 saturated carbocycles. The predicted molar refractivity (Wildman–Crippen MR) is 118 cm³/mol. The number of aromatic nitrogens is 1. The first-order valence-electron chi connectivity index (χ1n) is 9.76. The van der Waals surface area contributed by atoms with Gasteiger partial charge in [-0.25, -0.2) is 13.1 Å². The summed E-state index contributed by atoms with van der Waals surface area (Å²) < 4.78 is 33.7. The minimum Gasteiger partial charge on any atom is -0.497 e. The zero-order valence-corrected chi connectivity index (χ0v) is 18.2. The van der Waals surface area contributed by atoms with Gasteiger partial charge in [-0.2, -0.15) is 0 Å². The van der Waals surface area contributed by atoms with E-state index < -0.39 is 16.1 Å². The van der Waals surface area contributed by atoms with Crippen molar-refractivity contribution in [3.8, 4) is 5.75 Å². The molecule has 3 aromatic rings. The van der Waals surface area contributed by atoms with Crippen molar-refractivity contribution in [3.05, 3.63) is 89.7 Å². The van der Waals surface area contributed by atoms with Crippen LogP contribution < -0.4 is 14.8 Å². The lowest BCUT2D eigenvalue weighted by molar-refractivity contribution is -0.121. The fraction of sp³-hybridized carbons (Fsp3) is 0.217. The number of pyridine rings is 1. The van der Waals surface area contributed by atoms with Crippen molar-refractivity contribution in [1.29, 1.82) is 0 Å². The van der Waals surface area contributed by atoms with Crippen LogP contribution in [0.5, 0.6) is 5.75 Å². The second-order valence-electron chi connectivity index (χ2n) is 7.10. The number of nitrogens with one attached hydrogen (secondary N) is 2. The Morgan fingerprint density at radius 2 is 1.77 bits per heavy atom. The van der Waals surface area contributed by atoms with E-state index in [-0.39, 0.29) is 17.2 Å². The summed E-state index contributed by atoms with van der Waals surface area (Å²) in [6, 6.07) is 16.4. The summed E-state index contributed by atoms with van der Waals surface area (Å²) in [4.78, 5) is 16.8. The Hall–Kier alpha value is -3.23. The van der Waals surface area contributed by atoms with Crippen LogP contribution in [0, 0.1) is 6.92 Å². The maximum absolute atomic E-state index is 12.9. The first kappa shape index (κ1) is 22.5. The van der Waals surface area contributed by atoms with Gasteiger partial charge in [0.15, 0.2) is 0 Å². The smallest absolute Gasteiger partial charge is 0.241 e. The van der Waals surface area contributed by atoms with E-state index in [1.165, 1.54) is 0 Å². The fourth-order valence-electron chi connectivity index (χ4n) is 3.00. The molecule has 0 unspecified atom stereocenters. The zero-order valence-electron chi connectivity index (χ0n) is 17.4. The lowest BCUT2D eigenvalue weighted by atomic mass is 10.0. The van der Waals surface area contributed by atoms with E-state index in [0.29, 0.717) is 17.9 Å². The molecule has 0 aliphatic carbocycles. The third-order valence-electron chi connectivity index (χ3n) is 4.75. The summed E-state index contributed by atoms with van der Waals surface area (Å²) in [6.07, 6.45) is 3.27. The Bertz CT molecular complexity index is 1100. The molecule has 2 N–H and O–H groups in total. The fourth-order valence-corrected chi connectivity index (χ4v) is 4.22. The Labute approximate surface area is 182 Å². The summed E-state index contributed by atoms with van der Waals surface area (Å²) in [5.74, 6) is 0.362. The number of benzene rings is 2. The van der Waals surface area contributed by atoms with Gasteiger partial charge in [0.05, 0.1) is 18.0 Å². The highest BCUT2D eigenvalue weighted by molar-refractivity contribution is 7.89. The Morgan fingerprint density at radius 1 is 1.06 bits per heavy atom. The minimum atomic E-state index is -3.82. The highest BCUT2D eigenvalue weighted by Gasteiger charge is 2.24. The number of methoxy groups -OCH3 is 1. The minimum absolute atomic E-state index is 0.0579. The molecular weight excluding hydrogens is 414 g/mol. The van der Waals surface area contributed by atoms with E-state index in [4.69, 9.17) is 4.74 Å². The van der Waals surface area contributed by atoms with Crippen LogP contribution in [0.3, 0.4) is 0 Å². The van der Waals surface area contributed by atoms with Crippen LogP contribution in [0.25, 0.3) is 0 Å². The van der Waals surface area contributed by atoms with E-state index in [9.17, 15) is 13.2 Å². The van der Waals surface area contributed by atoms with Crippen molar-refractivity contribution in [2.45, 2.75) is 30.8 Å². The van der Waals surface area contributed by atoms with Crippen molar-refractivity contribution in [3.63, 3.8) is 0 Å². The monoisotopic (exact) mass is 439 g/mol. The zero-order chi connectivity index (χ0) is 22.3. The normalized spacial score (nSPS) is 12.2. The number of carbonyl (C=O) groups excluding carboxylic acids is 1. The number of aryl methyl sites for hydroxylation is 1. The van der Waals surface area contributed by atoms with Crippen LogP contribution in [-0.4, -0.2) is 26.4 Å². The van der Waals surface area contributed by atoms with Gasteiger partial charge in [-0.05, 0) is 48.4 Å². The lowest BCUT2D eigenvalue weighted by Crippen LogP contribution is -2.33. The molecular formula is C23H25N3O4S. The van der Waals surface area contributed by atoms with Crippen molar-refractivity contribution >= 4 is 15.9 Å². The molecule has 0 fully saturated rings.